The predicted octanol–water partition coefficient (Wildman–Crippen LogP) is 4.22. The zero-order valence-electron chi connectivity index (χ0n) is 18.9. The van der Waals surface area contributed by atoms with Gasteiger partial charge in [-0.1, -0.05) is 6.92 Å². The molecule has 0 fully saturated rings. The number of fused-ring (bicyclic) bond motifs is 1. The maximum Gasteiger partial charge on any atom is 0.316 e. The molecule has 0 spiro atoms. The molecule has 2 amide bonds. The first kappa shape index (κ1) is 22.3. The number of hydrogen-bond acceptors (Lipinski definition) is 4. The van der Waals surface area contributed by atoms with Crippen molar-refractivity contribution >= 4 is 35.1 Å². The van der Waals surface area contributed by atoms with E-state index in [2.05, 4.69) is 15.6 Å². The maximum atomic E-state index is 12.6. The molecule has 3 rings (SSSR count). The molecule has 1 aromatic carbocycles. The standard InChI is InChI=1S/C24H29N3O4/c1-7-10-25-22(29)20-13(2)19(26-14(20)3)12-17-16-11-15(31-23(30)24(4,5)6)8-9-18(16)27-21(17)28/h8-9,11-12,26H,7,10H2,1-6H3,(H,25,29)(H,27,28)/b17-12-. The number of aryl methyl sites for hydroxylation is 1. The van der Waals surface area contributed by atoms with Gasteiger partial charge in [0.05, 0.1) is 16.6 Å². The van der Waals surface area contributed by atoms with E-state index < -0.39 is 5.41 Å². The SMILES string of the molecule is CCCNC(=O)c1c(C)[nH]c(/C=C2\C(=O)Nc3ccc(OC(=O)C(C)(C)C)cc32)c1C. The Balaban J connectivity index is 1.97. The van der Waals surface area contributed by atoms with Gasteiger partial charge in [0.15, 0.2) is 0 Å². The van der Waals surface area contributed by atoms with Gasteiger partial charge in [0.2, 0.25) is 0 Å². The van der Waals surface area contributed by atoms with E-state index in [4.69, 9.17) is 4.74 Å². The molecule has 2 heterocycles. The Hall–Kier alpha value is -3.35. The van der Waals surface area contributed by atoms with Gasteiger partial charge in [-0.25, -0.2) is 0 Å². The number of carbonyl (C=O) groups excluding carboxylic acids is 3. The minimum Gasteiger partial charge on any atom is -0.426 e. The van der Waals surface area contributed by atoms with E-state index in [-0.39, 0.29) is 17.8 Å². The normalized spacial score (nSPS) is 14.4. The second kappa shape index (κ2) is 8.41. The third-order valence-corrected chi connectivity index (χ3v) is 5.12. The summed E-state index contributed by atoms with van der Waals surface area (Å²) in [4.78, 5) is 40.6. The highest BCUT2D eigenvalue weighted by Crippen LogP contribution is 2.36. The molecular weight excluding hydrogens is 394 g/mol. The fraction of sp³-hybridized carbons (Fsp3) is 0.375. The minimum atomic E-state index is -0.639. The molecule has 0 atom stereocenters. The van der Waals surface area contributed by atoms with Crippen molar-refractivity contribution in [1.29, 1.82) is 0 Å². The molecule has 2 aromatic rings. The fourth-order valence-electron chi connectivity index (χ4n) is 3.36. The lowest BCUT2D eigenvalue weighted by Gasteiger charge is -2.16. The number of aromatic amines is 1. The molecule has 0 bridgehead atoms. The molecule has 7 nitrogen and oxygen atoms in total. The number of benzene rings is 1. The van der Waals surface area contributed by atoms with Gasteiger partial charge < -0.3 is 20.4 Å². The number of ether oxygens (including phenoxy) is 1. The van der Waals surface area contributed by atoms with Gasteiger partial charge in [0.25, 0.3) is 11.8 Å². The van der Waals surface area contributed by atoms with Crippen LogP contribution >= 0.6 is 0 Å². The smallest absolute Gasteiger partial charge is 0.316 e. The van der Waals surface area contributed by atoms with Gasteiger partial charge in [0, 0.05) is 29.2 Å². The highest BCUT2D eigenvalue weighted by Gasteiger charge is 2.28. The number of rotatable bonds is 5. The second-order valence-electron chi connectivity index (χ2n) is 8.78. The van der Waals surface area contributed by atoms with E-state index in [0.717, 1.165) is 17.7 Å². The third-order valence-electron chi connectivity index (χ3n) is 5.12. The van der Waals surface area contributed by atoms with Crippen LogP contribution in [0.4, 0.5) is 5.69 Å². The van der Waals surface area contributed by atoms with Crippen molar-refractivity contribution in [3.05, 3.63) is 46.3 Å². The van der Waals surface area contributed by atoms with Gasteiger partial charge in [0.1, 0.15) is 5.75 Å². The average Bonchev–Trinajstić information content (AvgIpc) is 3.14. The molecule has 3 N–H and O–H groups in total. The first-order valence-electron chi connectivity index (χ1n) is 10.4. The van der Waals surface area contributed by atoms with Crippen LogP contribution in [0.15, 0.2) is 18.2 Å². The number of H-pyrrole nitrogens is 1. The van der Waals surface area contributed by atoms with Crippen LogP contribution in [0.2, 0.25) is 0 Å². The lowest BCUT2D eigenvalue weighted by atomic mass is 9.97. The number of esters is 1. The van der Waals surface area contributed by atoms with Gasteiger partial charge >= 0.3 is 5.97 Å². The summed E-state index contributed by atoms with van der Waals surface area (Å²) in [7, 11) is 0. The van der Waals surface area contributed by atoms with Crippen LogP contribution in [0.3, 0.4) is 0 Å². The molecule has 164 valence electrons. The summed E-state index contributed by atoms with van der Waals surface area (Å²) in [6.07, 6.45) is 2.58. The summed E-state index contributed by atoms with van der Waals surface area (Å²) < 4.78 is 5.49. The Morgan fingerprint density at radius 1 is 1.19 bits per heavy atom. The van der Waals surface area contributed by atoms with Crippen molar-refractivity contribution in [3.8, 4) is 5.75 Å². The Kier molecular flexibility index (Phi) is 6.06. The van der Waals surface area contributed by atoms with Crippen molar-refractivity contribution < 1.29 is 19.1 Å². The average molecular weight is 424 g/mol. The van der Waals surface area contributed by atoms with Crippen molar-refractivity contribution in [2.75, 3.05) is 11.9 Å². The molecule has 1 aliphatic heterocycles. The first-order valence-corrected chi connectivity index (χ1v) is 10.4. The van der Waals surface area contributed by atoms with E-state index in [1.807, 2.05) is 20.8 Å². The Labute approximate surface area is 182 Å². The van der Waals surface area contributed by atoms with Crippen LogP contribution in [-0.4, -0.2) is 29.3 Å². The molecule has 31 heavy (non-hydrogen) atoms. The Morgan fingerprint density at radius 2 is 1.90 bits per heavy atom. The molecule has 0 unspecified atom stereocenters. The zero-order chi connectivity index (χ0) is 22.9. The van der Waals surface area contributed by atoms with Crippen molar-refractivity contribution in [2.24, 2.45) is 5.41 Å². The topological polar surface area (TPSA) is 100 Å². The van der Waals surface area contributed by atoms with E-state index in [9.17, 15) is 14.4 Å². The lowest BCUT2D eigenvalue weighted by molar-refractivity contribution is -0.143. The number of amides is 2. The molecule has 1 aromatic heterocycles. The Morgan fingerprint density at radius 3 is 2.55 bits per heavy atom. The van der Waals surface area contributed by atoms with E-state index in [1.165, 1.54) is 0 Å². The van der Waals surface area contributed by atoms with Crippen LogP contribution in [0, 0.1) is 19.3 Å². The highest BCUT2D eigenvalue weighted by molar-refractivity contribution is 6.35. The van der Waals surface area contributed by atoms with E-state index in [1.54, 1.807) is 45.0 Å². The van der Waals surface area contributed by atoms with Crippen LogP contribution in [-0.2, 0) is 9.59 Å². The predicted molar refractivity (Wildman–Crippen MR) is 121 cm³/mol. The molecule has 0 radical (unpaired) electrons. The fourth-order valence-corrected chi connectivity index (χ4v) is 3.36. The van der Waals surface area contributed by atoms with Crippen molar-refractivity contribution in [2.45, 2.75) is 48.0 Å². The third kappa shape index (κ3) is 4.55. The summed E-state index contributed by atoms with van der Waals surface area (Å²) in [6.45, 7) is 11.6. The van der Waals surface area contributed by atoms with Crippen LogP contribution in [0.5, 0.6) is 5.75 Å². The van der Waals surface area contributed by atoms with Crippen molar-refractivity contribution in [3.63, 3.8) is 0 Å². The number of anilines is 1. The molecule has 1 aliphatic rings. The number of nitrogens with one attached hydrogen (secondary N) is 3. The molecule has 7 heteroatoms. The summed E-state index contributed by atoms with van der Waals surface area (Å²) in [5.41, 5.74) is 3.88. The minimum absolute atomic E-state index is 0.134. The molecule has 0 aliphatic carbocycles. The van der Waals surface area contributed by atoms with Crippen LogP contribution < -0.4 is 15.4 Å². The molecule has 0 saturated carbocycles. The molecule has 0 saturated heterocycles. The van der Waals surface area contributed by atoms with E-state index in [0.29, 0.717) is 40.4 Å². The zero-order valence-corrected chi connectivity index (χ0v) is 18.9. The molecular formula is C24H29N3O4. The highest BCUT2D eigenvalue weighted by atomic mass is 16.5. The van der Waals surface area contributed by atoms with Crippen molar-refractivity contribution in [1.82, 2.24) is 10.3 Å². The summed E-state index contributed by atoms with van der Waals surface area (Å²) in [5, 5.41) is 5.72. The Bertz CT molecular complexity index is 1090. The van der Waals surface area contributed by atoms with Crippen LogP contribution in [0.1, 0.15) is 67.0 Å². The van der Waals surface area contributed by atoms with Crippen LogP contribution in [0.25, 0.3) is 11.6 Å². The van der Waals surface area contributed by atoms with Gasteiger partial charge in [-0.15, -0.1) is 0 Å². The quantitative estimate of drug-likeness (QED) is 0.381. The second-order valence-corrected chi connectivity index (χ2v) is 8.78. The van der Waals surface area contributed by atoms with Gasteiger partial charge in [-0.2, -0.15) is 0 Å². The first-order chi connectivity index (χ1) is 14.5. The number of carbonyl (C=O) groups is 3. The van der Waals surface area contributed by atoms with Gasteiger partial charge in [-0.05, 0) is 70.9 Å². The monoisotopic (exact) mass is 423 g/mol. The number of aromatic nitrogens is 1. The van der Waals surface area contributed by atoms with E-state index >= 15 is 0 Å². The summed E-state index contributed by atoms with van der Waals surface area (Å²) in [5.74, 6) is -0.364. The van der Waals surface area contributed by atoms with Gasteiger partial charge in [-0.3, -0.25) is 14.4 Å². The lowest BCUT2D eigenvalue weighted by Crippen LogP contribution is -2.25. The summed E-state index contributed by atoms with van der Waals surface area (Å²) >= 11 is 0. The largest absolute Gasteiger partial charge is 0.426 e. The summed E-state index contributed by atoms with van der Waals surface area (Å²) in [6, 6.07) is 5.06. The maximum absolute atomic E-state index is 12.6. The number of hydrogen-bond donors (Lipinski definition) is 3.